The molecule has 0 aromatic rings. The molecular weight excluding hydrogens is 649 g/mol. The smallest absolute Gasteiger partial charge is 0.426 e. The highest BCUT2D eigenvalue weighted by atomic mass is 16.4. The molecule has 0 saturated heterocycles. The number of carbonyl (C=O) groups excluding carboxylic acids is 6. The lowest BCUT2D eigenvalue weighted by atomic mass is 9.81. The first kappa shape index (κ1) is 46.9. The van der Waals surface area contributed by atoms with E-state index in [0.717, 1.165) is 19.4 Å². The molecule has 0 aliphatic rings. The summed E-state index contributed by atoms with van der Waals surface area (Å²) in [7, 11) is -1.88. The Morgan fingerprint density at radius 1 is 0.680 bits per heavy atom. The molecular formula is C33H64BN7O9. The molecule has 50 heavy (non-hydrogen) atoms. The van der Waals surface area contributed by atoms with E-state index in [-0.39, 0.29) is 18.7 Å². The average molecular weight is 714 g/mol. The summed E-state index contributed by atoms with van der Waals surface area (Å²) < 4.78 is 0. The van der Waals surface area contributed by atoms with E-state index < -0.39 is 79.2 Å². The summed E-state index contributed by atoms with van der Waals surface area (Å²) in [4.78, 5) is 76.3. The molecule has 0 aliphatic heterocycles. The monoisotopic (exact) mass is 713 g/mol. The Hall–Kier alpha value is -3.12. The largest absolute Gasteiger partial charge is 0.475 e. The van der Waals surface area contributed by atoms with E-state index in [4.69, 9.17) is 5.73 Å². The summed E-state index contributed by atoms with van der Waals surface area (Å²) in [5.74, 6) is -5.17. The van der Waals surface area contributed by atoms with Gasteiger partial charge in [0.05, 0.1) is 12.0 Å². The third-order valence-electron chi connectivity index (χ3n) is 8.09. The molecule has 6 unspecified atom stereocenters. The Kier molecular flexibility index (Phi) is 25.9. The number of carbonyl (C=O) groups is 6. The van der Waals surface area contributed by atoms with Crippen molar-refractivity contribution in [1.29, 1.82) is 0 Å². The molecule has 11 N–H and O–H groups in total. The number of unbranched alkanes of at least 4 members (excludes halogenated alkanes) is 8. The molecule has 0 aromatic carbocycles. The lowest BCUT2D eigenvalue weighted by molar-refractivity contribution is -0.136. The highest BCUT2D eigenvalue weighted by molar-refractivity contribution is 6.43. The first-order chi connectivity index (χ1) is 23.6. The maximum Gasteiger partial charge on any atom is 0.475 e. The van der Waals surface area contributed by atoms with Crippen LogP contribution in [0.15, 0.2) is 0 Å². The third-order valence-corrected chi connectivity index (χ3v) is 8.09. The fourth-order valence-corrected chi connectivity index (χ4v) is 4.96. The molecule has 0 radical (unpaired) electrons. The van der Waals surface area contributed by atoms with Crippen LogP contribution in [-0.2, 0) is 28.8 Å². The van der Waals surface area contributed by atoms with Crippen LogP contribution in [-0.4, -0.2) is 113 Å². The fourth-order valence-electron chi connectivity index (χ4n) is 4.96. The molecule has 17 heteroatoms. The maximum atomic E-state index is 13.3. The molecule has 0 aromatic heterocycles. The number of nitrogens with one attached hydrogen (secondary N) is 6. The molecule has 0 aliphatic carbocycles. The number of rotatable bonds is 29. The van der Waals surface area contributed by atoms with Crippen molar-refractivity contribution in [2.45, 2.75) is 154 Å². The number of hydrogen-bond donors (Lipinski definition) is 10. The summed E-state index contributed by atoms with van der Waals surface area (Å²) in [6.07, 6.45) is 9.39. The number of amides is 5. The van der Waals surface area contributed by atoms with Crippen LogP contribution < -0.4 is 37.6 Å². The van der Waals surface area contributed by atoms with E-state index in [1.165, 1.54) is 66.2 Å². The summed E-state index contributed by atoms with van der Waals surface area (Å²) in [6.45, 7) is 8.92. The van der Waals surface area contributed by atoms with E-state index in [0.29, 0.717) is 25.9 Å². The van der Waals surface area contributed by atoms with Crippen molar-refractivity contribution in [3.8, 4) is 0 Å². The van der Waals surface area contributed by atoms with Gasteiger partial charge < -0.3 is 52.8 Å². The summed E-state index contributed by atoms with van der Waals surface area (Å²) >= 11 is 0. The van der Waals surface area contributed by atoms with Crippen LogP contribution in [0.4, 0.5) is 0 Å². The summed E-state index contributed by atoms with van der Waals surface area (Å²) in [5.41, 5.74) is 5.60. The average Bonchev–Trinajstić information content (AvgIpc) is 3.04. The van der Waals surface area contributed by atoms with Crippen molar-refractivity contribution in [3.63, 3.8) is 0 Å². The standard InChI is InChI=1S/C33H64BN7O9/c1-6-7-8-9-10-11-12-15-19-36-20-17-28(44)39-26(16-13-14-18-35)31(46)41-29(24(4)43)33(48)37-23(3)30(45)40-27(21-22(2)42)32(47)38-25(5)34(49)50/h23-27,29,36,43,49-50H,6-21,35H2,1-5H3,(H,37,48)(H,38,47)(H,39,44)(H,40,45)(H,41,46). The first-order valence-electron chi connectivity index (χ1n) is 18.1. The van der Waals surface area contributed by atoms with Crippen LogP contribution in [0.5, 0.6) is 0 Å². The zero-order chi connectivity index (χ0) is 38.1. The second-order valence-electron chi connectivity index (χ2n) is 13.0. The molecule has 16 nitrogen and oxygen atoms in total. The topological polar surface area (TPSA) is 261 Å². The Bertz CT molecular complexity index is 1040. The first-order valence-corrected chi connectivity index (χ1v) is 18.1. The highest BCUT2D eigenvalue weighted by Crippen LogP contribution is 2.08. The van der Waals surface area contributed by atoms with Crippen LogP contribution in [0.25, 0.3) is 0 Å². The van der Waals surface area contributed by atoms with Gasteiger partial charge in [-0.3, -0.25) is 28.8 Å². The molecule has 0 spiro atoms. The molecule has 0 heterocycles. The van der Waals surface area contributed by atoms with Crippen LogP contribution >= 0.6 is 0 Å². The Morgan fingerprint density at radius 2 is 1.28 bits per heavy atom. The fraction of sp³-hybridized carbons (Fsp3) is 0.818. The Labute approximate surface area is 297 Å². The Balaban J connectivity index is 5.17. The lowest BCUT2D eigenvalue weighted by Gasteiger charge is -2.26. The quantitative estimate of drug-likeness (QED) is 0.0335. The van der Waals surface area contributed by atoms with Gasteiger partial charge in [-0.25, -0.2) is 0 Å². The van der Waals surface area contributed by atoms with Crippen molar-refractivity contribution in [3.05, 3.63) is 0 Å². The van der Waals surface area contributed by atoms with Crippen LogP contribution in [0.3, 0.4) is 0 Å². The third kappa shape index (κ3) is 21.9. The molecule has 288 valence electrons. The van der Waals surface area contributed by atoms with Gasteiger partial charge in [-0.1, -0.05) is 51.9 Å². The minimum Gasteiger partial charge on any atom is -0.426 e. The molecule has 0 rings (SSSR count). The SMILES string of the molecule is CCCCCCCCCCNCCC(=O)NC(CCCCN)C(=O)NC(C(=O)NC(C)C(=O)NC(CC(C)=O)C(=O)NC(C)B(O)O)C(C)O. The van der Waals surface area contributed by atoms with E-state index in [9.17, 15) is 43.9 Å². The highest BCUT2D eigenvalue weighted by Gasteiger charge is 2.33. The zero-order valence-corrected chi connectivity index (χ0v) is 30.7. The van der Waals surface area contributed by atoms with Crippen molar-refractivity contribution in [2.75, 3.05) is 19.6 Å². The van der Waals surface area contributed by atoms with Crippen molar-refractivity contribution >= 4 is 42.4 Å². The van der Waals surface area contributed by atoms with E-state index >= 15 is 0 Å². The number of ketones is 1. The number of aliphatic hydroxyl groups excluding tert-OH is 1. The van der Waals surface area contributed by atoms with Gasteiger partial charge in [0.2, 0.25) is 29.5 Å². The van der Waals surface area contributed by atoms with Crippen molar-refractivity contribution in [1.82, 2.24) is 31.9 Å². The molecule has 6 atom stereocenters. The van der Waals surface area contributed by atoms with Gasteiger partial charge in [0.1, 0.15) is 30.0 Å². The van der Waals surface area contributed by atoms with Crippen LogP contribution in [0, 0.1) is 0 Å². The predicted octanol–water partition coefficient (Wildman–Crippen LogP) is -0.928. The van der Waals surface area contributed by atoms with Gasteiger partial charge in [0, 0.05) is 19.4 Å². The number of Topliss-reactive ketones (excluding diaryl/α,β-unsaturated/α-hetero) is 1. The Morgan fingerprint density at radius 3 is 1.84 bits per heavy atom. The van der Waals surface area contributed by atoms with Gasteiger partial charge in [0.25, 0.3) is 0 Å². The zero-order valence-electron chi connectivity index (χ0n) is 30.7. The minimum atomic E-state index is -1.88. The lowest BCUT2D eigenvalue weighted by Crippen LogP contribution is -2.60. The normalized spacial score (nSPS) is 14.7. The van der Waals surface area contributed by atoms with E-state index in [2.05, 4.69) is 38.8 Å². The number of hydrogen-bond acceptors (Lipinski definition) is 11. The maximum absolute atomic E-state index is 13.3. The summed E-state index contributed by atoms with van der Waals surface area (Å²) in [5, 5.41) is 44.3. The molecule has 5 amide bonds. The predicted molar refractivity (Wildman–Crippen MR) is 191 cm³/mol. The van der Waals surface area contributed by atoms with Crippen LogP contribution in [0.2, 0.25) is 0 Å². The van der Waals surface area contributed by atoms with Crippen molar-refractivity contribution < 1.29 is 43.9 Å². The van der Waals surface area contributed by atoms with Gasteiger partial charge >= 0.3 is 7.12 Å². The van der Waals surface area contributed by atoms with Crippen molar-refractivity contribution in [2.24, 2.45) is 5.73 Å². The number of aliphatic hydroxyl groups is 1. The van der Waals surface area contributed by atoms with Gasteiger partial charge in [-0.15, -0.1) is 0 Å². The van der Waals surface area contributed by atoms with Gasteiger partial charge in [-0.05, 0) is 66.5 Å². The second-order valence-corrected chi connectivity index (χ2v) is 13.0. The number of nitrogens with two attached hydrogens (primary N) is 1. The second kappa shape index (κ2) is 27.6. The van der Waals surface area contributed by atoms with Gasteiger partial charge in [0.15, 0.2) is 0 Å². The molecule has 0 saturated carbocycles. The van der Waals surface area contributed by atoms with E-state index in [1.54, 1.807) is 0 Å². The molecule has 0 fully saturated rings. The summed E-state index contributed by atoms with van der Waals surface area (Å²) in [6, 6.07) is -5.14. The van der Waals surface area contributed by atoms with Gasteiger partial charge in [-0.2, -0.15) is 0 Å². The van der Waals surface area contributed by atoms with Crippen LogP contribution in [0.1, 0.15) is 118 Å². The minimum absolute atomic E-state index is 0.146. The van der Waals surface area contributed by atoms with E-state index in [1.807, 2.05) is 0 Å². The molecule has 0 bridgehead atoms.